The van der Waals surface area contributed by atoms with Gasteiger partial charge < -0.3 is 21.1 Å². The maximum Gasteiger partial charge on any atom is 0.293 e. The van der Waals surface area contributed by atoms with Crippen molar-refractivity contribution < 1.29 is 9.53 Å². The molecule has 0 radical (unpaired) electrons. The van der Waals surface area contributed by atoms with Gasteiger partial charge in [0.25, 0.3) is 6.47 Å². The first-order valence-electron chi connectivity index (χ1n) is 8.25. The molecule has 2 rings (SSSR count). The number of ether oxygens (including phenoxy) is 1. The van der Waals surface area contributed by atoms with Gasteiger partial charge >= 0.3 is 0 Å². The first-order chi connectivity index (χ1) is 10.9. The number of carbonyl (C=O) groups is 1. The molecule has 1 heterocycles. The van der Waals surface area contributed by atoms with E-state index in [4.69, 9.17) is 5.73 Å². The highest BCUT2D eigenvalue weighted by atomic mass is 16.5. The maximum atomic E-state index is 9.60. The van der Waals surface area contributed by atoms with E-state index in [0.29, 0.717) is 6.47 Å². The summed E-state index contributed by atoms with van der Waals surface area (Å²) in [6.45, 7) is 11.6. The molecule has 4 N–H and O–H groups in total. The monoisotopic (exact) mass is 323 g/mol. The zero-order chi connectivity index (χ0) is 17.6. The summed E-state index contributed by atoms with van der Waals surface area (Å²) in [4.78, 5) is 9.60. The second-order valence-corrected chi connectivity index (χ2v) is 6.32. The number of nitrogens with two attached hydrogens (primary N) is 1. The Balaban J connectivity index is 0.000000320. The van der Waals surface area contributed by atoms with E-state index in [2.05, 4.69) is 22.3 Å². The van der Waals surface area contributed by atoms with E-state index in [1.165, 1.54) is 25.9 Å². The fourth-order valence-electron chi connectivity index (χ4n) is 1.91. The summed E-state index contributed by atoms with van der Waals surface area (Å²) in [5.74, 6) is 0. The van der Waals surface area contributed by atoms with Crippen molar-refractivity contribution in [2.24, 2.45) is 0 Å². The van der Waals surface area contributed by atoms with Gasteiger partial charge in [0.2, 0.25) is 0 Å². The van der Waals surface area contributed by atoms with Crippen LogP contribution in [0.2, 0.25) is 0 Å². The molecular formula is C18H33N3O2. The minimum absolute atomic E-state index is 0.318. The summed E-state index contributed by atoms with van der Waals surface area (Å²) >= 11 is 0. The summed E-state index contributed by atoms with van der Waals surface area (Å²) in [6, 6.07) is 10.3. The molecule has 5 heteroatoms. The summed E-state index contributed by atoms with van der Waals surface area (Å²) < 4.78 is 4.55. The third-order valence-electron chi connectivity index (χ3n) is 3.03. The number of hydrogen-bond acceptors (Lipinski definition) is 5. The zero-order valence-electron chi connectivity index (χ0n) is 15.0. The van der Waals surface area contributed by atoms with Crippen molar-refractivity contribution in [1.82, 2.24) is 10.6 Å². The lowest BCUT2D eigenvalue weighted by molar-refractivity contribution is -0.138. The second-order valence-electron chi connectivity index (χ2n) is 6.32. The Morgan fingerprint density at radius 1 is 1.26 bits per heavy atom. The van der Waals surface area contributed by atoms with Gasteiger partial charge in [-0.2, -0.15) is 0 Å². The fourth-order valence-corrected chi connectivity index (χ4v) is 1.91. The molecule has 1 aliphatic rings. The Kier molecular flexibility index (Phi) is 12.0. The van der Waals surface area contributed by atoms with Crippen molar-refractivity contribution in [3.05, 3.63) is 30.3 Å². The summed E-state index contributed by atoms with van der Waals surface area (Å²) in [6.07, 6.45) is 2.60. The molecule has 0 unspecified atom stereocenters. The summed E-state index contributed by atoms with van der Waals surface area (Å²) in [7, 11) is 0. The van der Waals surface area contributed by atoms with Crippen LogP contribution in [-0.4, -0.2) is 37.7 Å². The first kappa shape index (κ1) is 21.4. The van der Waals surface area contributed by atoms with Crippen LogP contribution in [0.5, 0.6) is 0 Å². The lowest BCUT2D eigenvalue weighted by Crippen LogP contribution is -2.39. The molecule has 0 aliphatic carbocycles. The van der Waals surface area contributed by atoms with Gasteiger partial charge in [0, 0.05) is 11.7 Å². The number of hydrogen-bond donors (Lipinski definition) is 3. The SMILES string of the molecule is CC(C)(C)OC=O.CCNC1CCNCC1.Nc1ccccc1. The van der Waals surface area contributed by atoms with Crippen LogP contribution in [0.3, 0.4) is 0 Å². The molecule has 1 aromatic rings. The van der Waals surface area contributed by atoms with Gasteiger partial charge in [-0.1, -0.05) is 25.1 Å². The molecule has 1 fully saturated rings. The van der Waals surface area contributed by atoms with Gasteiger partial charge in [0.15, 0.2) is 0 Å². The highest BCUT2D eigenvalue weighted by Gasteiger charge is 2.09. The highest BCUT2D eigenvalue weighted by molar-refractivity contribution is 5.37. The van der Waals surface area contributed by atoms with Gasteiger partial charge in [-0.25, -0.2) is 0 Å². The van der Waals surface area contributed by atoms with E-state index in [0.717, 1.165) is 18.3 Å². The number of carbonyl (C=O) groups excluding carboxylic acids is 1. The molecular weight excluding hydrogens is 290 g/mol. The third-order valence-corrected chi connectivity index (χ3v) is 3.03. The van der Waals surface area contributed by atoms with Crippen LogP contribution in [0.15, 0.2) is 30.3 Å². The molecule has 0 spiro atoms. The van der Waals surface area contributed by atoms with E-state index in [1.807, 2.05) is 51.1 Å². The van der Waals surface area contributed by atoms with Gasteiger partial charge in [0.05, 0.1) is 0 Å². The van der Waals surface area contributed by atoms with Gasteiger partial charge in [-0.15, -0.1) is 0 Å². The molecule has 1 aromatic carbocycles. The average molecular weight is 323 g/mol. The Labute approximate surface area is 141 Å². The third kappa shape index (κ3) is 15.1. The second kappa shape index (κ2) is 12.9. The Morgan fingerprint density at radius 3 is 2.13 bits per heavy atom. The summed E-state index contributed by atoms with van der Waals surface area (Å²) in [5, 5.41) is 6.78. The topological polar surface area (TPSA) is 76.4 Å². The maximum absolute atomic E-state index is 9.60. The molecule has 1 aliphatic heterocycles. The molecule has 0 aromatic heterocycles. The van der Waals surface area contributed by atoms with Crippen LogP contribution < -0.4 is 16.4 Å². The summed E-state index contributed by atoms with van der Waals surface area (Å²) in [5.41, 5.74) is 5.86. The van der Waals surface area contributed by atoms with E-state index >= 15 is 0 Å². The van der Waals surface area contributed by atoms with Crippen molar-refractivity contribution in [3.63, 3.8) is 0 Å². The van der Waals surface area contributed by atoms with Gasteiger partial charge in [-0.05, 0) is 65.4 Å². The molecule has 1 saturated heterocycles. The van der Waals surface area contributed by atoms with Crippen LogP contribution in [-0.2, 0) is 9.53 Å². The van der Waals surface area contributed by atoms with Crippen LogP contribution in [0.25, 0.3) is 0 Å². The minimum Gasteiger partial charge on any atom is -0.462 e. The molecule has 0 atom stereocenters. The highest BCUT2D eigenvalue weighted by Crippen LogP contribution is 2.02. The first-order valence-corrected chi connectivity index (χ1v) is 8.25. The van der Waals surface area contributed by atoms with Gasteiger partial charge in [0.1, 0.15) is 5.60 Å². The lowest BCUT2D eigenvalue weighted by atomic mass is 10.1. The van der Waals surface area contributed by atoms with E-state index in [1.54, 1.807) is 0 Å². The Morgan fingerprint density at radius 2 is 1.83 bits per heavy atom. The molecule has 0 amide bonds. The standard InChI is InChI=1S/C7H16N2.C6H7N.C5H10O2/c1-2-9-7-3-5-8-6-4-7;7-6-4-2-1-3-5-6;1-5(2,3)7-4-6/h7-9H,2-6H2,1H3;1-5H,7H2;4H,1-3H3. The lowest BCUT2D eigenvalue weighted by Gasteiger charge is -2.22. The van der Waals surface area contributed by atoms with E-state index in [9.17, 15) is 4.79 Å². The van der Waals surface area contributed by atoms with E-state index in [-0.39, 0.29) is 5.60 Å². The normalized spacial score (nSPS) is 14.6. The van der Waals surface area contributed by atoms with Gasteiger partial charge in [-0.3, -0.25) is 4.79 Å². The zero-order valence-corrected chi connectivity index (χ0v) is 15.0. The van der Waals surface area contributed by atoms with Crippen LogP contribution in [0.1, 0.15) is 40.5 Å². The quantitative estimate of drug-likeness (QED) is 0.589. The molecule has 132 valence electrons. The number of nitrogens with one attached hydrogen (secondary N) is 2. The molecule has 0 saturated carbocycles. The van der Waals surface area contributed by atoms with Crippen LogP contribution >= 0.6 is 0 Å². The van der Waals surface area contributed by atoms with Crippen LogP contribution in [0.4, 0.5) is 5.69 Å². The van der Waals surface area contributed by atoms with Crippen molar-refractivity contribution in [1.29, 1.82) is 0 Å². The average Bonchev–Trinajstić information content (AvgIpc) is 2.49. The molecule has 23 heavy (non-hydrogen) atoms. The predicted molar refractivity (Wildman–Crippen MR) is 97.3 cm³/mol. The molecule has 5 nitrogen and oxygen atoms in total. The number of piperidine rings is 1. The van der Waals surface area contributed by atoms with Crippen molar-refractivity contribution in [2.75, 3.05) is 25.4 Å². The van der Waals surface area contributed by atoms with Crippen LogP contribution in [0, 0.1) is 0 Å². The Hall–Kier alpha value is -1.59. The number of para-hydroxylation sites is 1. The Bertz CT molecular complexity index is 382. The number of benzene rings is 1. The number of anilines is 1. The van der Waals surface area contributed by atoms with E-state index < -0.39 is 0 Å². The van der Waals surface area contributed by atoms with Crippen molar-refractivity contribution in [3.8, 4) is 0 Å². The smallest absolute Gasteiger partial charge is 0.293 e. The minimum atomic E-state index is -0.318. The number of nitrogen functional groups attached to an aromatic ring is 1. The number of rotatable bonds is 3. The van der Waals surface area contributed by atoms with Crippen molar-refractivity contribution >= 4 is 12.2 Å². The fraction of sp³-hybridized carbons (Fsp3) is 0.611. The predicted octanol–water partition coefficient (Wildman–Crippen LogP) is 2.57. The largest absolute Gasteiger partial charge is 0.462 e. The van der Waals surface area contributed by atoms with Crippen molar-refractivity contribution in [2.45, 2.75) is 52.2 Å². The molecule has 0 bridgehead atoms.